The highest BCUT2D eigenvalue weighted by molar-refractivity contribution is 6.31. The summed E-state index contributed by atoms with van der Waals surface area (Å²) >= 11 is 6.05. The van der Waals surface area contributed by atoms with Crippen LogP contribution in [0.3, 0.4) is 0 Å². The molecule has 1 saturated heterocycles. The summed E-state index contributed by atoms with van der Waals surface area (Å²) in [6, 6.07) is 9.19. The number of carbonyl (C=O) groups is 1. The van der Waals surface area contributed by atoms with Gasteiger partial charge >= 0.3 is 0 Å². The maximum atomic E-state index is 12.0. The van der Waals surface area contributed by atoms with Crippen molar-refractivity contribution in [2.24, 2.45) is 5.92 Å². The second-order valence-corrected chi connectivity index (χ2v) is 6.17. The first kappa shape index (κ1) is 17.0. The Bertz CT molecular complexity index is 683. The van der Waals surface area contributed by atoms with Gasteiger partial charge in [-0.15, -0.1) is 0 Å². The minimum atomic E-state index is -0.216. The number of amides is 1. The Hall–Kier alpha value is -1.89. The topological polar surface area (TPSA) is 65.4 Å². The van der Waals surface area contributed by atoms with Crippen molar-refractivity contribution in [3.05, 3.63) is 47.1 Å². The van der Waals surface area contributed by atoms with Gasteiger partial charge in [0.25, 0.3) is 5.91 Å². The number of ether oxygens (including phenoxy) is 2. The molecule has 1 aliphatic rings. The lowest BCUT2D eigenvalue weighted by Gasteiger charge is -2.12. The quantitative estimate of drug-likeness (QED) is 0.834. The van der Waals surface area contributed by atoms with Gasteiger partial charge in [0.15, 0.2) is 0 Å². The van der Waals surface area contributed by atoms with Crippen molar-refractivity contribution >= 4 is 23.3 Å². The van der Waals surface area contributed by atoms with Crippen LogP contribution in [0.1, 0.15) is 12.0 Å². The number of anilines is 1. The third kappa shape index (κ3) is 4.56. The van der Waals surface area contributed by atoms with Crippen LogP contribution in [-0.4, -0.2) is 35.5 Å². The first-order chi connectivity index (χ1) is 11.7. The first-order valence-electron chi connectivity index (χ1n) is 7.93. The molecule has 1 fully saturated rings. The fraction of sp³-hybridized carbons (Fsp3) is 0.412. The maximum Gasteiger partial charge on any atom is 0.251 e. The second-order valence-electron chi connectivity index (χ2n) is 5.76. The Morgan fingerprint density at radius 1 is 1.42 bits per heavy atom. The Morgan fingerprint density at radius 3 is 3.08 bits per heavy atom. The minimum Gasteiger partial charge on any atom is -0.381 e. The molecule has 0 unspecified atom stereocenters. The number of rotatable bonds is 7. The van der Waals surface area contributed by atoms with E-state index in [0.29, 0.717) is 23.4 Å². The molecule has 1 atom stereocenters. The SMILES string of the molecule is O=C(COCc1ccccc1Cl)Nc1ccnn1C[C@H]1CCOC1. The number of halogens is 1. The van der Waals surface area contributed by atoms with Gasteiger partial charge in [-0.05, 0) is 18.1 Å². The second kappa shape index (κ2) is 8.28. The Morgan fingerprint density at radius 2 is 2.29 bits per heavy atom. The number of carbonyl (C=O) groups excluding carboxylic acids is 1. The Labute approximate surface area is 145 Å². The van der Waals surface area contributed by atoms with E-state index in [-0.39, 0.29) is 12.5 Å². The van der Waals surface area contributed by atoms with Gasteiger partial charge in [0.05, 0.1) is 19.4 Å². The van der Waals surface area contributed by atoms with Crippen LogP contribution in [0, 0.1) is 5.92 Å². The number of nitrogens with zero attached hydrogens (tertiary/aromatic N) is 2. The van der Waals surface area contributed by atoms with Gasteiger partial charge in [-0.25, -0.2) is 4.68 Å². The highest BCUT2D eigenvalue weighted by Gasteiger charge is 2.18. The van der Waals surface area contributed by atoms with Crippen molar-refractivity contribution in [3.63, 3.8) is 0 Å². The molecular formula is C17H20ClN3O3. The molecule has 0 spiro atoms. The van der Waals surface area contributed by atoms with E-state index in [0.717, 1.165) is 31.7 Å². The highest BCUT2D eigenvalue weighted by atomic mass is 35.5. The summed E-state index contributed by atoms with van der Waals surface area (Å²) in [5.41, 5.74) is 0.859. The predicted molar refractivity (Wildman–Crippen MR) is 90.9 cm³/mol. The van der Waals surface area contributed by atoms with Crippen molar-refractivity contribution in [1.82, 2.24) is 9.78 Å². The van der Waals surface area contributed by atoms with Crippen molar-refractivity contribution < 1.29 is 14.3 Å². The molecule has 2 aromatic rings. The number of hydrogen-bond acceptors (Lipinski definition) is 4. The summed E-state index contributed by atoms with van der Waals surface area (Å²) in [7, 11) is 0. The van der Waals surface area contributed by atoms with Crippen molar-refractivity contribution in [2.45, 2.75) is 19.6 Å². The fourth-order valence-corrected chi connectivity index (χ4v) is 2.79. The molecule has 0 radical (unpaired) electrons. The average molecular weight is 350 g/mol. The van der Waals surface area contributed by atoms with E-state index in [9.17, 15) is 4.79 Å². The maximum absolute atomic E-state index is 12.0. The number of hydrogen-bond donors (Lipinski definition) is 1. The third-order valence-electron chi connectivity index (χ3n) is 3.89. The lowest BCUT2D eigenvalue weighted by molar-refractivity contribution is -0.121. The molecule has 6 nitrogen and oxygen atoms in total. The van der Waals surface area contributed by atoms with Crippen molar-refractivity contribution in [2.75, 3.05) is 25.1 Å². The number of aromatic nitrogens is 2. The van der Waals surface area contributed by atoms with Crippen LogP contribution >= 0.6 is 11.6 Å². The van der Waals surface area contributed by atoms with E-state index in [4.69, 9.17) is 21.1 Å². The molecule has 1 aromatic heterocycles. The van der Waals surface area contributed by atoms with E-state index in [1.165, 1.54) is 0 Å². The van der Waals surface area contributed by atoms with Gasteiger partial charge in [-0.2, -0.15) is 5.10 Å². The van der Waals surface area contributed by atoms with E-state index < -0.39 is 0 Å². The molecule has 1 aliphatic heterocycles. The summed E-state index contributed by atoms with van der Waals surface area (Å²) in [5, 5.41) is 7.72. The molecule has 1 aromatic carbocycles. The van der Waals surface area contributed by atoms with E-state index >= 15 is 0 Å². The summed E-state index contributed by atoms with van der Waals surface area (Å²) in [6.45, 7) is 2.54. The lowest BCUT2D eigenvalue weighted by Crippen LogP contribution is -2.22. The normalized spacial score (nSPS) is 17.1. The first-order valence-corrected chi connectivity index (χ1v) is 8.31. The lowest BCUT2D eigenvalue weighted by atomic mass is 10.1. The molecule has 1 amide bonds. The van der Waals surface area contributed by atoms with Crippen LogP contribution in [0.4, 0.5) is 5.82 Å². The van der Waals surface area contributed by atoms with Gasteiger partial charge in [-0.3, -0.25) is 4.79 Å². The molecule has 24 heavy (non-hydrogen) atoms. The van der Waals surface area contributed by atoms with Gasteiger partial charge in [0, 0.05) is 30.2 Å². The monoisotopic (exact) mass is 349 g/mol. The molecule has 3 rings (SSSR count). The van der Waals surface area contributed by atoms with Crippen molar-refractivity contribution in [1.29, 1.82) is 0 Å². The molecular weight excluding hydrogens is 330 g/mol. The zero-order valence-corrected chi connectivity index (χ0v) is 14.0. The van der Waals surface area contributed by atoms with Crippen LogP contribution in [0.25, 0.3) is 0 Å². The van der Waals surface area contributed by atoms with Crippen LogP contribution in [0.2, 0.25) is 5.02 Å². The summed E-state index contributed by atoms with van der Waals surface area (Å²) < 4.78 is 12.6. The smallest absolute Gasteiger partial charge is 0.251 e. The zero-order chi connectivity index (χ0) is 16.8. The van der Waals surface area contributed by atoms with Crippen LogP contribution in [0.5, 0.6) is 0 Å². The molecule has 2 heterocycles. The van der Waals surface area contributed by atoms with Crippen LogP contribution in [0.15, 0.2) is 36.5 Å². The molecule has 1 N–H and O–H groups in total. The molecule has 7 heteroatoms. The van der Waals surface area contributed by atoms with Gasteiger partial charge < -0.3 is 14.8 Å². The Balaban J connectivity index is 1.47. The number of benzene rings is 1. The molecule has 0 bridgehead atoms. The largest absolute Gasteiger partial charge is 0.381 e. The predicted octanol–water partition coefficient (Wildman–Crippen LogP) is 2.73. The fourth-order valence-electron chi connectivity index (χ4n) is 2.60. The summed E-state index contributed by atoms with van der Waals surface area (Å²) in [4.78, 5) is 12.0. The van der Waals surface area contributed by atoms with Gasteiger partial charge in [0.2, 0.25) is 0 Å². The Kier molecular flexibility index (Phi) is 5.85. The van der Waals surface area contributed by atoms with E-state index in [1.54, 1.807) is 23.0 Å². The summed E-state index contributed by atoms with van der Waals surface area (Å²) in [6.07, 6.45) is 2.70. The zero-order valence-electron chi connectivity index (χ0n) is 13.3. The number of nitrogens with one attached hydrogen (secondary N) is 1. The van der Waals surface area contributed by atoms with Gasteiger partial charge in [-0.1, -0.05) is 29.8 Å². The highest BCUT2D eigenvalue weighted by Crippen LogP contribution is 2.18. The average Bonchev–Trinajstić information content (AvgIpc) is 3.22. The van der Waals surface area contributed by atoms with Crippen molar-refractivity contribution in [3.8, 4) is 0 Å². The minimum absolute atomic E-state index is 0.0387. The van der Waals surface area contributed by atoms with E-state index in [2.05, 4.69) is 10.4 Å². The van der Waals surface area contributed by atoms with Crippen LogP contribution < -0.4 is 5.32 Å². The third-order valence-corrected chi connectivity index (χ3v) is 4.26. The molecule has 0 aliphatic carbocycles. The molecule has 0 saturated carbocycles. The van der Waals surface area contributed by atoms with Crippen LogP contribution in [-0.2, 0) is 27.4 Å². The van der Waals surface area contributed by atoms with Gasteiger partial charge in [0.1, 0.15) is 12.4 Å². The standard InChI is InChI=1S/C17H20ClN3O3/c18-15-4-2-1-3-14(15)11-24-12-17(22)20-16-5-7-19-21(16)9-13-6-8-23-10-13/h1-5,7,13H,6,8-12H2,(H,20,22)/t13-/m1/s1. The summed E-state index contributed by atoms with van der Waals surface area (Å²) in [5.74, 6) is 0.900. The molecule has 128 valence electrons. The van der Waals surface area contributed by atoms with E-state index in [1.807, 2.05) is 18.2 Å².